The standard InChI is InChI=1S/C19H20N4O2.ClH/c1-19(11-5-6-13-21-19)18-22-16(23-25-18)15-10-7-12-20-17(15)24-14-8-3-2-4-9-14;/h2-4,7-10,12,21H,5-6,11,13H2,1H3;1H. The zero-order valence-electron chi connectivity index (χ0n) is 14.5. The van der Waals surface area contributed by atoms with Crippen molar-refractivity contribution in [3.05, 3.63) is 54.6 Å². The van der Waals surface area contributed by atoms with Gasteiger partial charge in [0.1, 0.15) is 5.75 Å². The molecule has 7 heteroatoms. The molecule has 1 N–H and O–H groups in total. The van der Waals surface area contributed by atoms with Gasteiger partial charge < -0.3 is 14.6 Å². The van der Waals surface area contributed by atoms with Gasteiger partial charge in [-0.1, -0.05) is 23.4 Å². The molecule has 26 heavy (non-hydrogen) atoms. The molecular formula is C19H21ClN4O2. The number of halogens is 1. The molecular weight excluding hydrogens is 352 g/mol. The largest absolute Gasteiger partial charge is 0.438 e. The third kappa shape index (κ3) is 3.71. The molecule has 0 saturated carbocycles. The molecule has 4 rings (SSSR count). The number of nitrogens with zero attached hydrogens (tertiary/aromatic N) is 3. The Hall–Kier alpha value is -2.44. The van der Waals surface area contributed by atoms with Gasteiger partial charge in [-0.3, -0.25) is 0 Å². The van der Waals surface area contributed by atoms with Crippen LogP contribution >= 0.6 is 12.4 Å². The van der Waals surface area contributed by atoms with Gasteiger partial charge in [0.25, 0.3) is 0 Å². The summed E-state index contributed by atoms with van der Waals surface area (Å²) in [7, 11) is 0. The number of hydrogen-bond acceptors (Lipinski definition) is 6. The van der Waals surface area contributed by atoms with Crippen molar-refractivity contribution in [2.45, 2.75) is 31.7 Å². The predicted molar refractivity (Wildman–Crippen MR) is 100 cm³/mol. The number of nitrogens with one attached hydrogen (secondary N) is 1. The molecule has 1 aliphatic heterocycles. The lowest BCUT2D eigenvalue weighted by Crippen LogP contribution is -2.43. The van der Waals surface area contributed by atoms with E-state index in [1.807, 2.05) is 42.5 Å². The number of pyridine rings is 1. The quantitative estimate of drug-likeness (QED) is 0.734. The monoisotopic (exact) mass is 372 g/mol. The van der Waals surface area contributed by atoms with Gasteiger partial charge in [0, 0.05) is 6.20 Å². The Morgan fingerprint density at radius 2 is 1.96 bits per heavy atom. The first-order valence-electron chi connectivity index (χ1n) is 8.52. The summed E-state index contributed by atoms with van der Waals surface area (Å²) in [6, 6.07) is 13.3. The van der Waals surface area contributed by atoms with E-state index in [1.165, 1.54) is 6.42 Å². The molecule has 0 bridgehead atoms. The third-order valence-corrected chi connectivity index (χ3v) is 4.49. The SMILES string of the molecule is CC1(c2nc(-c3cccnc3Oc3ccccc3)no2)CCCCN1.Cl. The second-order valence-electron chi connectivity index (χ2n) is 6.41. The lowest BCUT2D eigenvalue weighted by atomic mass is 9.91. The Morgan fingerprint density at radius 3 is 2.73 bits per heavy atom. The molecule has 1 atom stereocenters. The van der Waals surface area contributed by atoms with Crippen LogP contribution in [0, 0.1) is 0 Å². The summed E-state index contributed by atoms with van der Waals surface area (Å²) in [5.41, 5.74) is 0.437. The van der Waals surface area contributed by atoms with Crippen LogP contribution in [0.5, 0.6) is 11.6 Å². The van der Waals surface area contributed by atoms with Crippen LogP contribution in [0.3, 0.4) is 0 Å². The summed E-state index contributed by atoms with van der Waals surface area (Å²) in [5.74, 6) is 2.27. The Balaban J connectivity index is 0.00000196. The molecule has 1 fully saturated rings. The van der Waals surface area contributed by atoms with Gasteiger partial charge in [-0.05, 0) is 57.0 Å². The van der Waals surface area contributed by atoms with E-state index in [1.54, 1.807) is 6.20 Å². The summed E-state index contributed by atoms with van der Waals surface area (Å²) in [5, 5.41) is 7.65. The van der Waals surface area contributed by atoms with Crippen LogP contribution in [-0.4, -0.2) is 21.7 Å². The number of piperidine rings is 1. The fraction of sp³-hybridized carbons (Fsp3) is 0.316. The number of aromatic nitrogens is 3. The maximum atomic E-state index is 5.90. The lowest BCUT2D eigenvalue weighted by molar-refractivity contribution is 0.207. The summed E-state index contributed by atoms with van der Waals surface area (Å²) >= 11 is 0. The number of ether oxygens (including phenoxy) is 1. The van der Waals surface area contributed by atoms with E-state index in [0.717, 1.165) is 19.4 Å². The van der Waals surface area contributed by atoms with E-state index in [2.05, 4.69) is 27.4 Å². The topological polar surface area (TPSA) is 73.1 Å². The summed E-state index contributed by atoms with van der Waals surface area (Å²) in [6.45, 7) is 3.07. The first kappa shape index (κ1) is 18.4. The van der Waals surface area contributed by atoms with Crippen molar-refractivity contribution in [2.75, 3.05) is 6.54 Å². The smallest absolute Gasteiger partial charge is 0.246 e. The number of rotatable bonds is 4. The molecule has 6 nitrogen and oxygen atoms in total. The van der Waals surface area contributed by atoms with Crippen molar-refractivity contribution < 1.29 is 9.26 Å². The summed E-state index contributed by atoms with van der Waals surface area (Å²) in [6.07, 6.45) is 4.99. The average molecular weight is 373 g/mol. The summed E-state index contributed by atoms with van der Waals surface area (Å²) < 4.78 is 11.5. The Kier molecular flexibility index (Phi) is 5.54. The fourth-order valence-corrected chi connectivity index (χ4v) is 3.04. The number of hydrogen-bond donors (Lipinski definition) is 1. The van der Waals surface area contributed by atoms with Gasteiger partial charge in [-0.25, -0.2) is 4.98 Å². The third-order valence-electron chi connectivity index (χ3n) is 4.49. The molecule has 0 radical (unpaired) electrons. The zero-order chi connectivity index (χ0) is 17.1. The highest BCUT2D eigenvalue weighted by atomic mass is 35.5. The molecule has 1 unspecified atom stereocenters. The van der Waals surface area contributed by atoms with Crippen LogP contribution in [0.15, 0.2) is 53.2 Å². The zero-order valence-corrected chi connectivity index (χ0v) is 15.3. The molecule has 0 amide bonds. The van der Waals surface area contributed by atoms with Crippen LogP contribution in [0.25, 0.3) is 11.4 Å². The van der Waals surface area contributed by atoms with Gasteiger partial charge in [0.15, 0.2) is 0 Å². The van der Waals surface area contributed by atoms with Crippen LogP contribution in [0.4, 0.5) is 0 Å². The van der Waals surface area contributed by atoms with Crippen molar-refractivity contribution >= 4 is 12.4 Å². The van der Waals surface area contributed by atoms with Crippen LogP contribution in [0.2, 0.25) is 0 Å². The fourth-order valence-electron chi connectivity index (χ4n) is 3.04. The van der Waals surface area contributed by atoms with E-state index in [4.69, 9.17) is 9.26 Å². The minimum absolute atomic E-state index is 0. The average Bonchev–Trinajstić information content (AvgIpc) is 3.15. The normalized spacial score (nSPS) is 19.6. The molecule has 0 aliphatic carbocycles. The molecule has 136 valence electrons. The van der Waals surface area contributed by atoms with Gasteiger partial charge in [-0.15, -0.1) is 12.4 Å². The molecule has 1 aliphatic rings. The first-order chi connectivity index (χ1) is 12.2. The highest BCUT2D eigenvalue weighted by Crippen LogP contribution is 2.33. The highest BCUT2D eigenvalue weighted by Gasteiger charge is 2.34. The molecule has 0 spiro atoms. The number of para-hydroxylation sites is 1. The second-order valence-corrected chi connectivity index (χ2v) is 6.41. The summed E-state index contributed by atoms with van der Waals surface area (Å²) in [4.78, 5) is 8.95. The predicted octanol–water partition coefficient (Wildman–Crippen LogP) is 4.33. The van der Waals surface area contributed by atoms with E-state index in [0.29, 0.717) is 28.9 Å². The van der Waals surface area contributed by atoms with Crippen molar-refractivity contribution in [2.24, 2.45) is 0 Å². The van der Waals surface area contributed by atoms with Crippen molar-refractivity contribution in [1.29, 1.82) is 0 Å². The maximum absolute atomic E-state index is 5.90. The van der Waals surface area contributed by atoms with Crippen LogP contribution in [-0.2, 0) is 5.54 Å². The molecule has 3 aromatic rings. The van der Waals surface area contributed by atoms with Gasteiger partial charge >= 0.3 is 0 Å². The van der Waals surface area contributed by atoms with Crippen molar-refractivity contribution in [3.63, 3.8) is 0 Å². The highest BCUT2D eigenvalue weighted by molar-refractivity contribution is 5.85. The maximum Gasteiger partial charge on any atom is 0.246 e. The Bertz CT molecular complexity index is 848. The molecule has 2 aromatic heterocycles. The molecule has 3 heterocycles. The molecule has 1 aromatic carbocycles. The van der Waals surface area contributed by atoms with Crippen molar-refractivity contribution in [1.82, 2.24) is 20.4 Å². The molecule has 1 saturated heterocycles. The van der Waals surface area contributed by atoms with Crippen molar-refractivity contribution in [3.8, 4) is 23.0 Å². The van der Waals surface area contributed by atoms with E-state index >= 15 is 0 Å². The van der Waals surface area contributed by atoms with E-state index in [-0.39, 0.29) is 17.9 Å². The second kappa shape index (κ2) is 7.85. The Labute approximate surface area is 158 Å². The van der Waals surface area contributed by atoms with Crippen LogP contribution < -0.4 is 10.1 Å². The van der Waals surface area contributed by atoms with E-state index in [9.17, 15) is 0 Å². The Morgan fingerprint density at radius 1 is 1.12 bits per heavy atom. The van der Waals surface area contributed by atoms with Gasteiger partial charge in [-0.2, -0.15) is 4.98 Å². The number of benzene rings is 1. The minimum atomic E-state index is -0.272. The van der Waals surface area contributed by atoms with Gasteiger partial charge in [0.2, 0.25) is 17.6 Å². The first-order valence-corrected chi connectivity index (χ1v) is 8.52. The lowest BCUT2D eigenvalue weighted by Gasteiger charge is -2.31. The van der Waals surface area contributed by atoms with Gasteiger partial charge in [0.05, 0.1) is 11.1 Å². The minimum Gasteiger partial charge on any atom is -0.438 e. The van der Waals surface area contributed by atoms with E-state index < -0.39 is 0 Å². The van der Waals surface area contributed by atoms with Crippen LogP contribution in [0.1, 0.15) is 32.1 Å².